The summed E-state index contributed by atoms with van der Waals surface area (Å²) in [5.74, 6) is 0.289. The molecular formula is C15H24O2. The molecule has 1 N–H and O–H groups in total. The summed E-state index contributed by atoms with van der Waals surface area (Å²) in [6.45, 7) is 12.7. The Morgan fingerprint density at radius 2 is 1.41 bits per heavy atom. The van der Waals surface area contributed by atoms with E-state index < -0.39 is 0 Å². The molecule has 0 spiro atoms. The van der Waals surface area contributed by atoms with Crippen LogP contribution in [0.15, 0.2) is 24.3 Å². The summed E-state index contributed by atoms with van der Waals surface area (Å²) in [7, 11) is 0. The third kappa shape index (κ3) is 4.39. The van der Waals surface area contributed by atoms with Crippen LogP contribution in [0.4, 0.5) is 0 Å². The van der Waals surface area contributed by atoms with Gasteiger partial charge in [-0.05, 0) is 43.9 Å². The number of rotatable bonds is 2. The van der Waals surface area contributed by atoms with Gasteiger partial charge in [0.25, 0.3) is 0 Å². The zero-order chi connectivity index (χ0) is 13.3. The van der Waals surface area contributed by atoms with Crippen LogP contribution in [0.25, 0.3) is 0 Å². The second-order valence-electron chi connectivity index (χ2n) is 6.57. The first-order valence-electron chi connectivity index (χ1n) is 6.06. The molecule has 0 aromatic heterocycles. The Kier molecular flexibility index (Phi) is 3.88. The Labute approximate surface area is 105 Å². The standard InChI is InChI=1S/C15H24O2/c1-14(2,3)13(17-15(4,5)6)11-7-9-12(16)10-8-11/h7-10,13,16H,1-6H3. The number of ether oxygens (including phenoxy) is 1. The number of benzene rings is 1. The van der Waals surface area contributed by atoms with Gasteiger partial charge >= 0.3 is 0 Å². The van der Waals surface area contributed by atoms with Crippen molar-refractivity contribution >= 4 is 0 Å². The van der Waals surface area contributed by atoms with Crippen molar-refractivity contribution in [2.75, 3.05) is 0 Å². The van der Waals surface area contributed by atoms with E-state index in [4.69, 9.17) is 4.74 Å². The van der Waals surface area contributed by atoms with E-state index in [9.17, 15) is 5.11 Å². The lowest BCUT2D eigenvalue weighted by atomic mass is 9.84. The molecule has 96 valence electrons. The van der Waals surface area contributed by atoms with Crippen LogP contribution >= 0.6 is 0 Å². The van der Waals surface area contributed by atoms with E-state index in [1.165, 1.54) is 0 Å². The van der Waals surface area contributed by atoms with Gasteiger partial charge in [-0.15, -0.1) is 0 Å². The lowest BCUT2D eigenvalue weighted by Gasteiger charge is -2.36. The highest BCUT2D eigenvalue weighted by Gasteiger charge is 2.30. The zero-order valence-electron chi connectivity index (χ0n) is 11.7. The normalized spacial score (nSPS) is 14.7. The van der Waals surface area contributed by atoms with Crippen molar-refractivity contribution in [2.45, 2.75) is 53.2 Å². The van der Waals surface area contributed by atoms with Crippen LogP contribution < -0.4 is 0 Å². The Balaban J connectivity index is 3.03. The fraction of sp³-hybridized carbons (Fsp3) is 0.600. The summed E-state index contributed by atoms with van der Waals surface area (Å²) in [4.78, 5) is 0. The van der Waals surface area contributed by atoms with Crippen molar-refractivity contribution in [1.29, 1.82) is 0 Å². The molecule has 2 nitrogen and oxygen atoms in total. The monoisotopic (exact) mass is 236 g/mol. The van der Waals surface area contributed by atoms with Crippen LogP contribution in [0, 0.1) is 5.41 Å². The maximum Gasteiger partial charge on any atom is 0.115 e. The van der Waals surface area contributed by atoms with Gasteiger partial charge in [-0.3, -0.25) is 0 Å². The topological polar surface area (TPSA) is 29.5 Å². The van der Waals surface area contributed by atoms with Gasteiger partial charge < -0.3 is 9.84 Å². The van der Waals surface area contributed by atoms with Gasteiger partial charge in [0, 0.05) is 0 Å². The fourth-order valence-electron chi connectivity index (χ4n) is 1.75. The van der Waals surface area contributed by atoms with E-state index in [1.54, 1.807) is 12.1 Å². The van der Waals surface area contributed by atoms with Crippen molar-refractivity contribution < 1.29 is 9.84 Å². The minimum atomic E-state index is -0.185. The highest BCUT2D eigenvalue weighted by Crippen LogP contribution is 2.39. The molecule has 17 heavy (non-hydrogen) atoms. The Hall–Kier alpha value is -1.02. The lowest BCUT2D eigenvalue weighted by Crippen LogP contribution is -2.30. The first-order chi connectivity index (χ1) is 7.59. The average molecular weight is 236 g/mol. The van der Waals surface area contributed by atoms with Crippen molar-refractivity contribution in [3.05, 3.63) is 29.8 Å². The van der Waals surface area contributed by atoms with Crippen LogP contribution in [0.2, 0.25) is 0 Å². The zero-order valence-corrected chi connectivity index (χ0v) is 11.7. The molecule has 1 atom stereocenters. The van der Waals surface area contributed by atoms with Gasteiger partial charge in [-0.2, -0.15) is 0 Å². The maximum absolute atomic E-state index is 9.33. The summed E-state index contributed by atoms with van der Waals surface area (Å²) in [5.41, 5.74) is 0.935. The third-order valence-corrected chi connectivity index (χ3v) is 2.45. The van der Waals surface area contributed by atoms with E-state index >= 15 is 0 Å². The fourth-order valence-corrected chi connectivity index (χ4v) is 1.75. The molecular weight excluding hydrogens is 212 g/mol. The molecule has 0 saturated heterocycles. The molecule has 0 fully saturated rings. The van der Waals surface area contributed by atoms with Gasteiger partial charge in [0.1, 0.15) is 5.75 Å². The molecule has 1 rings (SSSR count). The quantitative estimate of drug-likeness (QED) is 0.829. The SMILES string of the molecule is CC(C)(C)OC(c1ccc(O)cc1)C(C)(C)C. The summed E-state index contributed by atoms with van der Waals surface area (Å²) < 4.78 is 6.15. The predicted molar refractivity (Wildman–Crippen MR) is 71.1 cm³/mol. The second kappa shape index (κ2) is 4.69. The Morgan fingerprint density at radius 1 is 0.941 bits per heavy atom. The van der Waals surface area contributed by atoms with Gasteiger partial charge in [0.15, 0.2) is 0 Å². The van der Waals surface area contributed by atoms with Gasteiger partial charge in [0.2, 0.25) is 0 Å². The van der Waals surface area contributed by atoms with Crippen molar-refractivity contribution in [2.24, 2.45) is 5.41 Å². The average Bonchev–Trinajstić information content (AvgIpc) is 2.13. The van der Waals surface area contributed by atoms with Crippen LogP contribution in [-0.4, -0.2) is 10.7 Å². The predicted octanol–water partition coefficient (Wildman–Crippen LogP) is 4.29. The van der Waals surface area contributed by atoms with E-state index in [-0.39, 0.29) is 22.9 Å². The first kappa shape index (κ1) is 14.0. The smallest absolute Gasteiger partial charge is 0.115 e. The van der Waals surface area contributed by atoms with E-state index in [1.807, 2.05) is 12.1 Å². The molecule has 0 aliphatic rings. The summed E-state index contributed by atoms with van der Waals surface area (Å²) >= 11 is 0. The molecule has 0 aliphatic carbocycles. The number of phenolic OH excluding ortho intramolecular Hbond substituents is 1. The number of aromatic hydroxyl groups is 1. The molecule has 2 heteroatoms. The van der Waals surface area contributed by atoms with Crippen LogP contribution in [0.3, 0.4) is 0 Å². The van der Waals surface area contributed by atoms with E-state index in [0.717, 1.165) is 5.56 Å². The number of hydrogen-bond donors (Lipinski definition) is 1. The molecule has 0 amide bonds. The third-order valence-electron chi connectivity index (χ3n) is 2.45. The van der Waals surface area contributed by atoms with E-state index in [2.05, 4.69) is 41.5 Å². The highest BCUT2D eigenvalue weighted by molar-refractivity contribution is 5.28. The van der Waals surface area contributed by atoms with Crippen molar-refractivity contribution in [1.82, 2.24) is 0 Å². The molecule has 0 bridgehead atoms. The molecule has 0 heterocycles. The molecule has 1 aromatic rings. The van der Waals surface area contributed by atoms with Gasteiger partial charge in [-0.25, -0.2) is 0 Å². The molecule has 0 radical (unpaired) electrons. The van der Waals surface area contributed by atoms with Crippen molar-refractivity contribution in [3.8, 4) is 5.75 Å². The van der Waals surface area contributed by atoms with E-state index in [0.29, 0.717) is 0 Å². The molecule has 0 saturated carbocycles. The minimum absolute atomic E-state index is 0.0168. The van der Waals surface area contributed by atoms with Crippen molar-refractivity contribution in [3.63, 3.8) is 0 Å². The Bertz CT molecular complexity index is 352. The number of hydrogen-bond acceptors (Lipinski definition) is 2. The van der Waals surface area contributed by atoms with Crippen LogP contribution in [0.1, 0.15) is 53.2 Å². The highest BCUT2D eigenvalue weighted by atomic mass is 16.5. The summed E-state index contributed by atoms with van der Waals surface area (Å²) in [6.07, 6.45) is 0.0168. The van der Waals surface area contributed by atoms with Gasteiger partial charge in [-0.1, -0.05) is 32.9 Å². The second-order valence-corrected chi connectivity index (χ2v) is 6.57. The van der Waals surface area contributed by atoms with Crippen LogP contribution in [0.5, 0.6) is 5.75 Å². The molecule has 1 aromatic carbocycles. The first-order valence-corrected chi connectivity index (χ1v) is 6.06. The van der Waals surface area contributed by atoms with Gasteiger partial charge in [0.05, 0.1) is 11.7 Å². The summed E-state index contributed by atoms with van der Waals surface area (Å²) in [6, 6.07) is 7.27. The molecule has 0 aliphatic heterocycles. The Morgan fingerprint density at radius 3 is 1.76 bits per heavy atom. The lowest BCUT2D eigenvalue weighted by molar-refractivity contribution is -0.107. The van der Waals surface area contributed by atoms with Crippen LogP contribution in [-0.2, 0) is 4.74 Å². The maximum atomic E-state index is 9.33. The largest absolute Gasteiger partial charge is 0.508 e. The number of phenols is 1. The minimum Gasteiger partial charge on any atom is -0.508 e. The summed E-state index contributed by atoms with van der Waals surface area (Å²) in [5, 5.41) is 9.33. The molecule has 1 unspecified atom stereocenters.